The zero-order valence-corrected chi connectivity index (χ0v) is 12.0. The molecule has 0 N–H and O–H groups in total. The van der Waals surface area contributed by atoms with Crippen LogP contribution in [0.15, 0.2) is 42.0 Å². The Morgan fingerprint density at radius 1 is 0.950 bits per heavy atom. The van der Waals surface area contributed by atoms with Gasteiger partial charge in [0.05, 0.1) is 10.6 Å². The number of anilines is 1. The predicted octanol–water partition coefficient (Wildman–Crippen LogP) is 3.28. The minimum atomic E-state index is -0.176. The first-order valence-corrected chi connectivity index (χ1v) is 7.07. The van der Waals surface area contributed by atoms with Gasteiger partial charge in [0.15, 0.2) is 11.6 Å². The van der Waals surface area contributed by atoms with Crippen LogP contribution in [0.5, 0.6) is 0 Å². The number of carbonyl (C=O) groups excluding carboxylic acids is 2. The highest BCUT2D eigenvalue weighted by Crippen LogP contribution is 2.31. The number of fused-ring (bicyclic) bond motifs is 1. The van der Waals surface area contributed by atoms with Gasteiger partial charge in [-0.2, -0.15) is 0 Å². The van der Waals surface area contributed by atoms with E-state index in [1.54, 1.807) is 41.7 Å². The van der Waals surface area contributed by atoms with Crippen molar-refractivity contribution in [2.75, 3.05) is 19.0 Å². The van der Waals surface area contributed by atoms with Gasteiger partial charge in [0.2, 0.25) is 0 Å². The van der Waals surface area contributed by atoms with E-state index in [1.165, 1.54) is 0 Å². The summed E-state index contributed by atoms with van der Waals surface area (Å²) in [5, 5.41) is 1.09. The fourth-order valence-electron chi connectivity index (χ4n) is 2.21. The van der Waals surface area contributed by atoms with Gasteiger partial charge >= 0.3 is 0 Å². The molecule has 0 unspecified atom stereocenters. The molecule has 0 saturated carbocycles. The molecular weight excluding hydrogens is 270 g/mol. The number of hydrogen-bond acceptors (Lipinski definition) is 4. The molecular formula is C16H13NO2S. The molecule has 0 radical (unpaired) electrons. The van der Waals surface area contributed by atoms with Crippen LogP contribution in [-0.2, 0) is 0 Å². The number of nitrogens with zero attached hydrogens (tertiary/aromatic N) is 1. The largest absolute Gasteiger partial charge is 0.370 e. The van der Waals surface area contributed by atoms with Gasteiger partial charge in [-0.25, -0.2) is 0 Å². The van der Waals surface area contributed by atoms with Crippen molar-refractivity contribution in [1.82, 2.24) is 0 Å². The van der Waals surface area contributed by atoms with Gasteiger partial charge in [-0.15, -0.1) is 11.3 Å². The topological polar surface area (TPSA) is 37.4 Å². The van der Waals surface area contributed by atoms with Gasteiger partial charge in [0.25, 0.3) is 0 Å². The van der Waals surface area contributed by atoms with E-state index in [4.69, 9.17) is 0 Å². The van der Waals surface area contributed by atoms with Gasteiger partial charge in [-0.05, 0) is 18.2 Å². The van der Waals surface area contributed by atoms with E-state index in [2.05, 4.69) is 0 Å². The summed E-state index contributed by atoms with van der Waals surface area (Å²) < 4.78 is 0. The predicted molar refractivity (Wildman–Crippen MR) is 81.7 cm³/mol. The van der Waals surface area contributed by atoms with Crippen LogP contribution in [0.4, 0.5) is 5.00 Å². The highest BCUT2D eigenvalue weighted by atomic mass is 32.1. The quantitative estimate of drug-likeness (QED) is 0.627. The lowest BCUT2D eigenvalue weighted by Crippen LogP contribution is -2.05. The molecule has 0 aliphatic heterocycles. The number of benzene rings is 1. The van der Waals surface area contributed by atoms with Crippen molar-refractivity contribution in [3.63, 3.8) is 0 Å². The smallest absolute Gasteiger partial charge is 0.197 e. The lowest BCUT2D eigenvalue weighted by Gasteiger charge is -2.06. The summed E-state index contributed by atoms with van der Waals surface area (Å²) in [6.45, 7) is 0. The van der Waals surface area contributed by atoms with Crippen molar-refractivity contribution in [3.8, 4) is 0 Å². The zero-order chi connectivity index (χ0) is 14.3. The molecule has 100 valence electrons. The summed E-state index contributed by atoms with van der Waals surface area (Å²) in [5.41, 5.74) is 1.28. The molecule has 1 aromatic heterocycles. The minimum Gasteiger partial charge on any atom is -0.370 e. The maximum Gasteiger partial charge on any atom is 0.197 e. The van der Waals surface area contributed by atoms with Crippen LogP contribution in [-0.4, -0.2) is 25.7 Å². The van der Waals surface area contributed by atoms with Crippen molar-refractivity contribution < 1.29 is 9.59 Å². The molecule has 1 aliphatic rings. The minimum absolute atomic E-state index is 0.176. The Hall–Kier alpha value is -2.20. The monoisotopic (exact) mass is 283 g/mol. The Bertz CT molecular complexity index is 703. The highest BCUT2D eigenvalue weighted by Gasteiger charge is 2.32. The van der Waals surface area contributed by atoms with Gasteiger partial charge in [0.1, 0.15) is 0 Å². The van der Waals surface area contributed by atoms with Crippen LogP contribution in [0.2, 0.25) is 0 Å². The van der Waals surface area contributed by atoms with Crippen molar-refractivity contribution in [3.05, 3.63) is 58.0 Å². The summed E-state index contributed by atoms with van der Waals surface area (Å²) in [7, 11) is 3.93. The molecule has 0 saturated heterocycles. The molecule has 1 heterocycles. The molecule has 4 heteroatoms. The normalized spacial score (nSPS) is 13.6. The maximum absolute atomic E-state index is 12.3. The Kier molecular flexibility index (Phi) is 3.03. The van der Waals surface area contributed by atoms with Gasteiger partial charge < -0.3 is 4.90 Å². The third-order valence-corrected chi connectivity index (χ3v) is 4.45. The van der Waals surface area contributed by atoms with Crippen LogP contribution < -0.4 is 4.90 Å². The third-order valence-electron chi connectivity index (χ3n) is 3.25. The van der Waals surface area contributed by atoms with Crippen LogP contribution in [0, 0.1) is 0 Å². The van der Waals surface area contributed by atoms with E-state index in [9.17, 15) is 9.59 Å². The molecule has 0 fully saturated rings. The first-order valence-electron chi connectivity index (χ1n) is 6.25. The number of Topliss-reactive ketones (excluding diaryl/α,β-unsaturated/α-hetero) is 2. The van der Waals surface area contributed by atoms with E-state index in [0.717, 1.165) is 9.88 Å². The zero-order valence-electron chi connectivity index (χ0n) is 11.2. The first-order chi connectivity index (χ1) is 9.58. The number of ketones is 2. The van der Waals surface area contributed by atoms with Crippen LogP contribution in [0.3, 0.4) is 0 Å². The molecule has 0 spiro atoms. The molecule has 1 aliphatic carbocycles. The highest BCUT2D eigenvalue weighted by molar-refractivity contribution is 7.17. The Morgan fingerprint density at radius 2 is 1.55 bits per heavy atom. The van der Waals surface area contributed by atoms with Crippen molar-refractivity contribution >= 4 is 34.0 Å². The SMILES string of the molecule is CN(C)c1ccc(C=C2C(=O)c3ccccc3C2=O)s1. The molecule has 20 heavy (non-hydrogen) atoms. The van der Waals surface area contributed by atoms with Gasteiger partial charge in [0, 0.05) is 30.1 Å². The van der Waals surface area contributed by atoms with Crippen LogP contribution >= 0.6 is 11.3 Å². The number of rotatable bonds is 2. The average Bonchev–Trinajstić information content (AvgIpc) is 3.00. The molecule has 0 atom stereocenters. The molecule has 1 aromatic carbocycles. The van der Waals surface area contributed by atoms with Crippen molar-refractivity contribution in [2.24, 2.45) is 0 Å². The number of allylic oxidation sites excluding steroid dienone is 1. The molecule has 3 rings (SSSR count). The standard InChI is InChI=1S/C16H13NO2S/c1-17(2)14-8-7-10(20-14)9-13-15(18)11-5-3-4-6-12(11)16(13)19/h3-9H,1-2H3. The fraction of sp³-hybridized carbons (Fsp3) is 0.125. The molecule has 2 aromatic rings. The fourth-order valence-corrected chi connectivity index (χ4v) is 3.08. The summed E-state index contributed by atoms with van der Waals surface area (Å²) in [5.74, 6) is -0.351. The number of thiophene rings is 1. The summed E-state index contributed by atoms with van der Waals surface area (Å²) >= 11 is 1.56. The van der Waals surface area contributed by atoms with E-state index >= 15 is 0 Å². The average molecular weight is 283 g/mol. The van der Waals surface area contributed by atoms with Crippen LogP contribution in [0.1, 0.15) is 25.6 Å². The van der Waals surface area contributed by atoms with Gasteiger partial charge in [-0.3, -0.25) is 9.59 Å². The molecule has 0 amide bonds. The second kappa shape index (κ2) is 4.72. The Morgan fingerprint density at radius 3 is 2.05 bits per heavy atom. The lowest BCUT2D eigenvalue weighted by molar-refractivity contribution is 0.0990. The Balaban J connectivity index is 2.01. The molecule has 3 nitrogen and oxygen atoms in total. The summed E-state index contributed by atoms with van der Waals surface area (Å²) in [4.78, 5) is 27.4. The summed E-state index contributed by atoms with van der Waals surface area (Å²) in [6, 6.07) is 10.9. The third kappa shape index (κ3) is 1.98. The van der Waals surface area contributed by atoms with Gasteiger partial charge in [-0.1, -0.05) is 24.3 Å². The van der Waals surface area contributed by atoms with Crippen LogP contribution in [0.25, 0.3) is 6.08 Å². The second-order valence-corrected chi connectivity index (χ2v) is 5.93. The van der Waals surface area contributed by atoms with E-state index < -0.39 is 0 Å². The number of hydrogen-bond donors (Lipinski definition) is 0. The van der Waals surface area contributed by atoms with Crippen molar-refractivity contribution in [1.29, 1.82) is 0 Å². The first kappa shape index (κ1) is 12.8. The molecule has 0 bridgehead atoms. The second-order valence-electron chi connectivity index (χ2n) is 4.83. The number of carbonyl (C=O) groups is 2. The van der Waals surface area contributed by atoms with E-state index in [1.807, 2.05) is 31.1 Å². The maximum atomic E-state index is 12.3. The lowest BCUT2D eigenvalue weighted by atomic mass is 10.1. The Labute approximate surface area is 121 Å². The summed E-state index contributed by atoms with van der Waals surface area (Å²) in [6.07, 6.45) is 1.70. The van der Waals surface area contributed by atoms with E-state index in [0.29, 0.717) is 11.1 Å². The van der Waals surface area contributed by atoms with E-state index in [-0.39, 0.29) is 17.1 Å². The van der Waals surface area contributed by atoms with Crippen molar-refractivity contribution in [2.45, 2.75) is 0 Å².